The van der Waals surface area contributed by atoms with Crippen molar-refractivity contribution in [2.45, 2.75) is 39.8 Å². The highest BCUT2D eigenvalue weighted by Gasteiger charge is 2.34. The number of carbonyl (C=O) groups excluding carboxylic acids is 5. The zero-order valence-electron chi connectivity index (χ0n) is 17.3. The number of hydrogen-bond donors (Lipinski definition) is 1. The van der Waals surface area contributed by atoms with Gasteiger partial charge in [-0.25, -0.2) is 23.6 Å². The van der Waals surface area contributed by atoms with Gasteiger partial charge in [0.05, 0.1) is 26.4 Å². The molecule has 0 saturated heterocycles. The number of aliphatic hydroxyl groups is 1. The molecule has 0 heterocycles. The van der Waals surface area contributed by atoms with Crippen molar-refractivity contribution < 1.29 is 56.8 Å². The molecule has 1 unspecified atom stereocenters. The Balaban J connectivity index is 4.35. The Morgan fingerprint density at radius 1 is 0.903 bits per heavy atom. The van der Waals surface area contributed by atoms with Gasteiger partial charge < -0.3 is 24.1 Å². The van der Waals surface area contributed by atoms with Crippen LogP contribution in [-0.2, 0) is 42.9 Å². The minimum absolute atomic E-state index is 0.118. The summed E-state index contributed by atoms with van der Waals surface area (Å²) in [7, 11) is 0. The molecule has 0 amide bonds. The predicted octanol–water partition coefficient (Wildman–Crippen LogP) is 1.57. The maximum absolute atomic E-state index is 13.5. The standard InChI is InChI=1S/C19H24F2O10/c1-4-28-16(24)12(20)15(23)19(27)30-9-6-7-11(3)8-10-31-17(25)13(21)14(22)18(26)29-5-2/h7,12,22H,4-6,8-10H2,1-3H3/b11-7+,14-13+. The number of aliphatic hydroxyl groups excluding tert-OH is 1. The highest BCUT2D eigenvalue weighted by molar-refractivity contribution is 6.39. The Morgan fingerprint density at radius 2 is 1.48 bits per heavy atom. The van der Waals surface area contributed by atoms with E-state index in [4.69, 9.17) is 0 Å². The van der Waals surface area contributed by atoms with Crippen LogP contribution in [-0.4, -0.2) is 67.4 Å². The van der Waals surface area contributed by atoms with Crippen LogP contribution in [0.4, 0.5) is 8.78 Å². The molecule has 0 aromatic carbocycles. The van der Waals surface area contributed by atoms with E-state index >= 15 is 0 Å². The molecule has 1 N–H and O–H groups in total. The molecule has 0 rings (SSSR count). The molecule has 31 heavy (non-hydrogen) atoms. The molecule has 0 saturated carbocycles. The van der Waals surface area contributed by atoms with Crippen LogP contribution in [0.3, 0.4) is 0 Å². The van der Waals surface area contributed by atoms with Gasteiger partial charge in [-0.1, -0.05) is 11.6 Å². The van der Waals surface area contributed by atoms with Crippen LogP contribution < -0.4 is 0 Å². The fourth-order valence-electron chi connectivity index (χ4n) is 1.81. The Labute approximate surface area is 176 Å². The van der Waals surface area contributed by atoms with E-state index in [1.54, 1.807) is 13.0 Å². The van der Waals surface area contributed by atoms with Gasteiger partial charge >= 0.3 is 23.9 Å². The average Bonchev–Trinajstić information content (AvgIpc) is 2.74. The van der Waals surface area contributed by atoms with Crippen molar-refractivity contribution >= 4 is 29.7 Å². The minimum Gasteiger partial charge on any atom is -0.500 e. The molecule has 0 spiro atoms. The van der Waals surface area contributed by atoms with E-state index in [1.165, 1.54) is 13.8 Å². The van der Waals surface area contributed by atoms with Gasteiger partial charge in [-0.05, 0) is 27.2 Å². The number of hydrogen-bond acceptors (Lipinski definition) is 10. The van der Waals surface area contributed by atoms with E-state index in [0.29, 0.717) is 5.57 Å². The highest BCUT2D eigenvalue weighted by Crippen LogP contribution is 2.10. The Hall–Kier alpha value is -3.31. The van der Waals surface area contributed by atoms with Crippen LogP contribution in [0.1, 0.15) is 33.6 Å². The second-order valence-corrected chi connectivity index (χ2v) is 5.72. The zero-order valence-corrected chi connectivity index (χ0v) is 17.3. The molecule has 0 aromatic rings. The predicted molar refractivity (Wildman–Crippen MR) is 98.8 cm³/mol. The topological polar surface area (TPSA) is 142 Å². The van der Waals surface area contributed by atoms with Crippen molar-refractivity contribution in [3.05, 3.63) is 23.2 Å². The van der Waals surface area contributed by atoms with Crippen molar-refractivity contribution in [2.24, 2.45) is 0 Å². The third-order valence-electron chi connectivity index (χ3n) is 3.35. The SMILES string of the molecule is CCOC(=O)/C(O)=C(\F)C(=O)OCC/C(C)=C/CCOC(=O)C(=O)C(F)C(=O)OCC. The van der Waals surface area contributed by atoms with Gasteiger partial charge in [-0.3, -0.25) is 4.79 Å². The minimum atomic E-state index is -2.75. The number of halogens is 2. The number of ketones is 1. The molecular weight excluding hydrogens is 426 g/mol. The monoisotopic (exact) mass is 450 g/mol. The van der Waals surface area contributed by atoms with Crippen LogP contribution in [0.2, 0.25) is 0 Å². The van der Waals surface area contributed by atoms with Crippen LogP contribution in [0, 0.1) is 0 Å². The molecule has 0 aliphatic carbocycles. The van der Waals surface area contributed by atoms with Gasteiger partial charge in [-0.15, -0.1) is 0 Å². The summed E-state index contributed by atoms with van der Waals surface area (Å²) in [4.78, 5) is 56.4. The van der Waals surface area contributed by atoms with Gasteiger partial charge in [-0.2, -0.15) is 4.39 Å². The van der Waals surface area contributed by atoms with Gasteiger partial charge in [0.25, 0.3) is 17.8 Å². The smallest absolute Gasteiger partial charge is 0.378 e. The number of esters is 4. The lowest BCUT2D eigenvalue weighted by molar-refractivity contribution is -0.163. The summed E-state index contributed by atoms with van der Waals surface area (Å²) >= 11 is 0. The molecule has 174 valence electrons. The molecule has 0 radical (unpaired) electrons. The lowest BCUT2D eigenvalue weighted by Gasteiger charge is -2.07. The van der Waals surface area contributed by atoms with Crippen molar-refractivity contribution in [3.8, 4) is 0 Å². The third kappa shape index (κ3) is 10.3. The van der Waals surface area contributed by atoms with Crippen LogP contribution >= 0.6 is 0 Å². The van der Waals surface area contributed by atoms with Gasteiger partial charge in [0, 0.05) is 6.42 Å². The number of alkyl halides is 1. The quantitative estimate of drug-likeness (QED) is 0.0642. The molecule has 0 aliphatic rings. The van der Waals surface area contributed by atoms with Crippen LogP contribution in [0.25, 0.3) is 0 Å². The average molecular weight is 450 g/mol. The molecule has 1 atom stereocenters. The van der Waals surface area contributed by atoms with E-state index in [2.05, 4.69) is 18.9 Å². The number of carbonyl (C=O) groups is 5. The largest absolute Gasteiger partial charge is 0.500 e. The normalized spacial score (nSPS) is 12.9. The van der Waals surface area contributed by atoms with E-state index in [1.807, 2.05) is 0 Å². The summed E-state index contributed by atoms with van der Waals surface area (Å²) in [6.07, 6.45) is -0.946. The maximum atomic E-state index is 13.5. The Morgan fingerprint density at radius 3 is 2.06 bits per heavy atom. The molecule has 12 heteroatoms. The number of ether oxygens (including phenoxy) is 4. The lowest BCUT2D eigenvalue weighted by Crippen LogP contribution is -2.34. The van der Waals surface area contributed by atoms with Crippen molar-refractivity contribution in [1.29, 1.82) is 0 Å². The van der Waals surface area contributed by atoms with Crippen LogP contribution in [0.5, 0.6) is 0 Å². The first kappa shape index (κ1) is 27.7. The number of Topliss-reactive ketones (excluding diaryl/α,β-unsaturated/α-hetero) is 1. The lowest BCUT2D eigenvalue weighted by atomic mass is 10.2. The van der Waals surface area contributed by atoms with Crippen molar-refractivity contribution in [1.82, 2.24) is 0 Å². The summed E-state index contributed by atoms with van der Waals surface area (Å²) < 4.78 is 44.7. The van der Waals surface area contributed by atoms with E-state index < -0.39 is 47.4 Å². The van der Waals surface area contributed by atoms with Crippen molar-refractivity contribution in [3.63, 3.8) is 0 Å². The molecule has 0 aliphatic heterocycles. The second kappa shape index (κ2) is 14.6. The zero-order chi connectivity index (χ0) is 24.0. The number of rotatable bonds is 13. The first-order valence-electron chi connectivity index (χ1n) is 9.16. The Kier molecular flexibility index (Phi) is 13.1. The third-order valence-corrected chi connectivity index (χ3v) is 3.35. The molecular formula is C19H24F2O10. The summed E-state index contributed by atoms with van der Waals surface area (Å²) in [6, 6.07) is 0. The van der Waals surface area contributed by atoms with E-state index in [0.717, 1.165) is 0 Å². The first-order chi connectivity index (χ1) is 14.6. The highest BCUT2D eigenvalue weighted by atomic mass is 19.1. The van der Waals surface area contributed by atoms with E-state index in [-0.39, 0.29) is 39.3 Å². The molecule has 10 nitrogen and oxygen atoms in total. The molecule has 0 aromatic heterocycles. The van der Waals surface area contributed by atoms with Crippen molar-refractivity contribution in [2.75, 3.05) is 26.4 Å². The molecule has 0 bridgehead atoms. The van der Waals surface area contributed by atoms with E-state index in [9.17, 15) is 37.9 Å². The summed E-state index contributed by atoms with van der Waals surface area (Å²) in [5, 5.41) is 9.22. The fourth-order valence-corrected chi connectivity index (χ4v) is 1.81. The summed E-state index contributed by atoms with van der Waals surface area (Å²) in [5.41, 5.74) is 0.629. The van der Waals surface area contributed by atoms with Crippen LogP contribution in [0.15, 0.2) is 23.2 Å². The van der Waals surface area contributed by atoms with Gasteiger partial charge in [0.2, 0.25) is 5.76 Å². The van der Waals surface area contributed by atoms with Gasteiger partial charge in [0.15, 0.2) is 0 Å². The first-order valence-corrected chi connectivity index (χ1v) is 9.16. The fraction of sp³-hybridized carbons (Fsp3) is 0.526. The van der Waals surface area contributed by atoms with Gasteiger partial charge in [0.1, 0.15) is 0 Å². The summed E-state index contributed by atoms with van der Waals surface area (Å²) in [5.74, 6) is -10.9. The second-order valence-electron chi connectivity index (χ2n) is 5.72. The Bertz CT molecular complexity index is 742. The maximum Gasteiger partial charge on any atom is 0.378 e. The summed E-state index contributed by atoms with van der Waals surface area (Å²) in [6.45, 7) is 3.59. The molecule has 0 fully saturated rings.